The predicted octanol–water partition coefficient (Wildman–Crippen LogP) is 3.22. The lowest BCUT2D eigenvalue weighted by atomic mass is 10.0. The second kappa shape index (κ2) is 10.4. The smallest absolute Gasteiger partial charge is 0.191 e. The summed E-state index contributed by atoms with van der Waals surface area (Å²) in [6.07, 6.45) is 0. The molecule has 1 atom stereocenters. The Bertz CT molecular complexity index is 795. The van der Waals surface area contributed by atoms with Crippen LogP contribution in [-0.4, -0.2) is 50.8 Å². The van der Waals surface area contributed by atoms with Gasteiger partial charge in [-0.1, -0.05) is 41.9 Å². The fraction of sp³-hybridized carbons (Fsp3) is 0.381. The van der Waals surface area contributed by atoms with Crippen molar-refractivity contribution in [3.8, 4) is 0 Å². The molecule has 0 radical (unpaired) electrons. The van der Waals surface area contributed by atoms with E-state index in [1.807, 2.05) is 30.3 Å². The molecule has 0 bridgehead atoms. The number of hydrogen-bond donors (Lipinski definition) is 2. The fourth-order valence-corrected chi connectivity index (χ4v) is 3.50. The van der Waals surface area contributed by atoms with Gasteiger partial charge in [0.25, 0.3) is 0 Å². The van der Waals surface area contributed by atoms with Crippen molar-refractivity contribution < 1.29 is 9.13 Å². The molecule has 7 heteroatoms. The van der Waals surface area contributed by atoms with Crippen molar-refractivity contribution >= 4 is 17.6 Å². The summed E-state index contributed by atoms with van der Waals surface area (Å²) in [5, 5.41) is 7.37. The average molecular weight is 405 g/mol. The molecule has 0 amide bonds. The van der Waals surface area contributed by atoms with Crippen molar-refractivity contribution in [2.75, 3.05) is 39.9 Å². The maximum Gasteiger partial charge on any atom is 0.191 e. The van der Waals surface area contributed by atoms with Crippen molar-refractivity contribution in [3.63, 3.8) is 0 Å². The molecule has 28 heavy (non-hydrogen) atoms. The van der Waals surface area contributed by atoms with Crippen LogP contribution >= 0.6 is 11.6 Å². The van der Waals surface area contributed by atoms with Crippen LogP contribution in [0.15, 0.2) is 53.5 Å². The van der Waals surface area contributed by atoms with Crippen LogP contribution in [-0.2, 0) is 11.3 Å². The van der Waals surface area contributed by atoms with Crippen LogP contribution in [0.3, 0.4) is 0 Å². The van der Waals surface area contributed by atoms with Crippen LogP contribution in [0.1, 0.15) is 17.2 Å². The highest BCUT2D eigenvalue weighted by molar-refractivity contribution is 6.31. The van der Waals surface area contributed by atoms with Crippen molar-refractivity contribution in [2.24, 2.45) is 4.99 Å². The number of rotatable bonds is 6. The van der Waals surface area contributed by atoms with E-state index in [4.69, 9.17) is 16.3 Å². The molecule has 0 aliphatic carbocycles. The van der Waals surface area contributed by atoms with E-state index in [1.54, 1.807) is 19.2 Å². The zero-order valence-corrected chi connectivity index (χ0v) is 16.8. The first-order chi connectivity index (χ1) is 13.7. The Morgan fingerprint density at radius 3 is 2.68 bits per heavy atom. The van der Waals surface area contributed by atoms with Gasteiger partial charge >= 0.3 is 0 Å². The van der Waals surface area contributed by atoms with Crippen LogP contribution in [0.2, 0.25) is 5.02 Å². The minimum absolute atomic E-state index is 0.0264. The van der Waals surface area contributed by atoms with Crippen LogP contribution in [0.4, 0.5) is 4.39 Å². The Morgan fingerprint density at radius 2 is 1.96 bits per heavy atom. The van der Waals surface area contributed by atoms with Gasteiger partial charge in [-0.15, -0.1) is 0 Å². The topological polar surface area (TPSA) is 48.9 Å². The van der Waals surface area contributed by atoms with E-state index in [0.29, 0.717) is 32.3 Å². The van der Waals surface area contributed by atoms with E-state index >= 15 is 0 Å². The lowest BCUT2D eigenvalue weighted by Gasteiger charge is -2.35. The van der Waals surface area contributed by atoms with Gasteiger partial charge in [-0.3, -0.25) is 9.89 Å². The number of aliphatic imine (C=N–C) groups is 1. The third-order valence-electron chi connectivity index (χ3n) is 4.81. The van der Waals surface area contributed by atoms with E-state index in [2.05, 4.69) is 20.5 Å². The van der Waals surface area contributed by atoms with Crippen LogP contribution < -0.4 is 10.6 Å². The minimum atomic E-state index is -0.225. The Morgan fingerprint density at radius 1 is 1.18 bits per heavy atom. The van der Waals surface area contributed by atoms with Crippen molar-refractivity contribution in [1.82, 2.24) is 15.5 Å². The summed E-state index contributed by atoms with van der Waals surface area (Å²) >= 11 is 6.22. The van der Waals surface area contributed by atoms with Gasteiger partial charge in [0.05, 0.1) is 19.3 Å². The number of benzene rings is 2. The molecule has 1 heterocycles. The quantitative estimate of drug-likeness (QED) is 0.573. The highest BCUT2D eigenvalue weighted by Gasteiger charge is 2.23. The minimum Gasteiger partial charge on any atom is -0.379 e. The number of morpholine rings is 1. The van der Waals surface area contributed by atoms with Crippen molar-refractivity contribution in [3.05, 3.63) is 70.5 Å². The highest BCUT2D eigenvalue weighted by Crippen LogP contribution is 2.22. The highest BCUT2D eigenvalue weighted by atomic mass is 35.5. The van der Waals surface area contributed by atoms with E-state index in [-0.39, 0.29) is 11.9 Å². The summed E-state index contributed by atoms with van der Waals surface area (Å²) in [4.78, 5) is 6.61. The lowest BCUT2D eigenvalue weighted by molar-refractivity contribution is 0.0169. The average Bonchev–Trinajstić information content (AvgIpc) is 2.72. The number of nitrogens with zero attached hydrogens (tertiary/aromatic N) is 2. The molecule has 1 unspecified atom stereocenters. The molecule has 3 rings (SSSR count). The summed E-state index contributed by atoms with van der Waals surface area (Å²) in [6, 6.07) is 14.5. The predicted molar refractivity (Wildman–Crippen MR) is 111 cm³/mol. The zero-order chi connectivity index (χ0) is 19.8. The Hall–Kier alpha value is -2.15. The molecule has 2 aromatic rings. The van der Waals surface area contributed by atoms with E-state index in [0.717, 1.165) is 29.2 Å². The first-order valence-corrected chi connectivity index (χ1v) is 9.80. The number of halogens is 2. The molecule has 1 aliphatic heterocycles. The van der Waals surface area contributed by atoms with Crippen LogP contribution in [0, 0.1) is 5.82 Å². The summed E-state index contributed by atoms with van der Waals surface area (Å²) in [5.41, 5.74) is 1.94. The molecule has 1 aliphatic rings. The molecule has 0 saturated carbocycles. The molecule has 2 N–H and O–H groups in total. The van der Waals surface area contributed by atoms with Crippen LogP contribution in [0.25, 0.3) is 0 Å². The maximum absolute atomic E-state index is 13.8. The van der Waals surface area contributed by atoms with Crippen molar-refractivity contribution in [1.29, 1.82) is 0 Å². The summed E-state index contributed by atoms with van der Waals surface area (Å²) in [6.45, 7) is 4.17. The first kappa shape index (κ1) is 20.6. The Kier molecular flexibility index (Phi) is 7.65. The van der Waals surface area contributed by atoms with Gasteiger partial charge in [0, 0.05) is 38.2 Å². The first-order valence-electron chi connectivity index (χ1n) is 9.42. The number of hydrogen-bond acceptors (Lipinski definition) is 3. The zero-order valence-electron chi connectivity index (χ0n) is 16.0. The molecule has 5 nitrogen and oxygen atoms in total. The second-order valence-electron chi connectivity index (χ2n) is 6.62. The van der Waals surface area contributed by atoms with Crippen LogP contribution in [0.5, 0.6) is 0 Å². The van der Waals surface area contributed by atoms with Gasteiger partial charge < -0.3 is 15.4 Å². The molecule has 0 aromatic heterocycles. The van der Waals surface area contributed by atoms with E-state index in [1.165, 1.54) is 6.07 Å². The lowest BCUT2D eigenvalue weighted by Crippen LogP contribution is -2.46. The van der Waals surface area contributed by atoms with Crippen molar-refractivity contribution in [2.45, 2.75) is 12.6 Å². The monoisotopic (exact) mass is 404 g/mol. The molecular formula is C21H26ClFN4O. The Labute approximate surface area is 170 Å². The van der Waals surface area contributed by atoms with Gasteiger partial charge in [-0.25, -0.2) is 4.39 Å². The Balaban J connectivity index is 1.65. The SMILES string of the molecule is CN=C(NCc1ccccc1Cl)NCC(c1cccc(F)c1)N1CCOCC1. The maximum atomic E-state index is 13.8. The summed E-state index contributed by atoms with van der Waals surface area (Å²) < 4.78 is 19.3. The number of nitrogens with one attached hydrogen (secondary N) is 2. The summed E-state index contributed by atoms with van der Waals surface area (Å²) in [7, 11) is 1.73. The van der Waals surface area contributed by atoms with Gasteiger partial charge in [-0.05, 0) is 29.3 Å². The molecule has 150 valence electrons. The largest absolute Gasteiger partial charge is 0.379 e. The second-order valence-corrected chi connectivity index (χ2v) is 7.02. The van der Waals surface area contributed by atoms with E-state index < -0.39 is 0 Å². The number of ether oxygens (including phenoxy) is 1. The standard InChI is InChI=1S/C21H26ClFN4O/c1-24-21(25-14-17-5-2-3-8-19(17)22)26-15-20(27-9-11-28-12-10-27)16-6-4-7-18(23)13-16/h2-8,13,20H,9-12,14-15H2,1H3,(H2,24,25,26). The third kappa shape index (κ3) is 5.67. The van der Waals surface area contributed by atoms with Gasteiger partial charge in [-0.2, -0.15) is 0 Å². The van der Waals surface area contributed by atoms with E-state index in [9.17, 15) is 4.39 Å². The molecule has 1 fully saturated rings. The molecule has 2 aromatic carbocycles. The summed E-state index contributed by atoms with van der Waals surface area (Å²) in [5.74, 6) is 0.451. The molecular weight excluding hydrogens is 379 g/mol. The third-order valence-corrected chi connectivity index (χ3v) is 5.18. The van der Waals surface area contributed by atoms with Gasteiger partial charge in [0.1, 0.15) is 5.82 Å². The molecule has 0 spiro atoms. The normalized spacial score (nSPS) is 16.6. The van der Waals surface area contributed by atoms with Gasteiger partial charge in [0.15, 0.2) is 5.96 Å². The fourth-order valence-electron chi connectivity index (χ4n) is 3.30. The van der Waals surface area contributed by atoms with Gasteiger partial charge in [0.2, 0.25) is 0 Å². The number of guanidine groups is 1. The molecule has 1 saturated heterocycles.